The molecule has 3 aromatic rings. The first-order valence-electron chi connectivity index (χ1n) is 13.1. The van der Waals surface area contributed by atoms with Gasteiger partial charge in [0.15, 0.2) is 0 Å². The Morgan fingerprint density at radius 1 is 1.24 bits per heavy atom. The number of thioether (sulfide) groups is 1. The van der Waals surface area contributed by atoms with Crippen LogP contribution in [-0.2, 0) is 40.3 Å². The van der Waals surface area contributed by atoms with E-state index in [0.717, 1.165) is 28.6 Å². The second-order valence-electron chi connectivity index (χ2n) is 9.36. The Balaban J connectivity index is 1.56. The molecular weight excluding hydrogens is 564 g/mol. The van der Waals surface area contributed by atoms with E-state index < -0.39 is 22.8 Å². The summed E-state index contributed by atoms with van der Waals surface area (Å²) < 4.78 is 11.9. The van der Waals surface area contributed by atoms with Crippen molar-refractivity contribution in [1.82, 2.24) is 20.0 Å². The highest BCUT2D eigenvalue weighted by Crippen LogP contribution is 2.26. The third-order valence-electron chi connectivity index (χ3n) is 6.62. The SMILES string of the molecule is CCOC(=O)Cn1cc2c(n1)CCN(C(=O)[C@H](Cc1ccc([N+](=O)[O-])cc1)NC(=O)c1ccc(SC=N)cc1OC)C2. The van der Waals surface area contributed by atoms with Gasteiger partial charge in [-0.25, -0.2) is 0 Å². The van der Waals surface area contributed by atoms with E-state index in [1.807, 2.05) is 0 Å². The van der Waals surface area contributed by atoms with Gasteiger partial charge in [0.05, 0.1) is 35.4 Å². The maximum absolute atomic E-state index is 13.9. The third-order valence-corrected chi connectivity index (χ3v) is 7.26. The van der Waals surface area contributed by atoms with Crippen molar-refractivity contribution in [2.24, 2.45) is 0 Å². The molecule has 0 fully saturated rings. The Hall–Kier alpha value is -4.72. The lowest BCUT2D eigenvalue weighted by Crippen LogP contribution is -2.50. The molecular formula is C28H30N6O7S. The minimum atomic E-state index is -0.990. The normalized spacial score (nSPS) is 13.0. The van der Waals surface area contributed by atoms with Gasteiger partial charge in [0.1, 0.15) is 18.3 Å². The number of methoxy groups -OCH3 is 1. The van der Waals surface area contributed by atoms with Crippen LogP contribution in [0.3, 0.4) is 0 Å². The maximum Gasteiger partial charge on any atom is 0.327 e. The van der Waals surface area contributed by atoms with Crippen molar-refractivity contribution in [3.63, 3.8) is 0 Å². The fourth-order valence-corrected chi connectivity index (χ4v) is 5.08. The summed E-state index contributed by atoms with van der Waals surface area (Å²) in [5.41, 5.74) is 3.50. The summed E-state index contributed by atoms with van der Waals surface area (Å²) in [4.78, 5) is 52.1. The fraction of sp³-hybridized carbons (Fsp3) is 0.321. The molecule has 1 aromatic heterocycles. The predicted molar refractivity (Wildman–Crippen MR) is 154 cm³/mol. The van der Waals surface area contributed by atoms with Crippen molar-refractivity contribution in [3.05, 3.63) is 81.2 Å². The van der Waals surface area contributed by atoms with Crippen LogP contribution in [0.1, 0.15) is 34.1 Å². The number of nitrogens with zero attached hydrogens (tertiary/aromatic N) is 4. The molecule has 42 heavy (non-hydrogen) atoms. The van der Waals surface area contributed by atoms with E-state index in [4.69, 9.17) is 14.9 Å². The van der Waals surface area contributed by atoms with E-state index in [1.54, 1.807) is 48.4 Å². The highest BCUT2D eigenvalue weighted by Gasteiger charge is 2.31. The average molecular weight is 595 g/mol. The molecule has 14 heteroatoms. The number of nitro benzene ring substituents is 1. The number of nitrogens with one attached hydrogen (secondary N) is 2. The Morgan fingerprint density at radius 3 is 2.67 bits per heavy atom. The first kappa shape index (κ1) is 30.2. The molecule has 0 spiro atoms. The summed E-state index contributed by atoms with van der Waals surface area (Å²) in [6.45, 7) is 2.55. The Morgan fingerprint density at radius 2 is 2.00 bits per heavy atom. The second-order valence-corrected chi connectivity index (χ2v) is 10.3. The number of benzene rings is 2. The molecule has 2 heterocycles. The lowest BCUT2D eigenvalue weighted by molar-refractivity contribution is -0.384. The summed E-state index contributed by atoms with van der Waals surface area (Å²) in [6.07, 6.45) is 2.28. The van der Waals surface area contributed by atoms with Gasteiger partial charge >= 0.3 is 5.97 Å². The van der Waals surface area contributed by atoms with E-state index in [0.29, 0.717) is 23.4 Å². The molecule has 2 amide bonds. The summed E-state index contributed by atoms with van der Waals surface area (Å²) in [7, 11) is 1.43. The lowest BCUT2D eigenvalue weighted by Gasteiger charge is -2.30. The van der Waals surface area contributed by atoms with Crippen LogP contribution in [0.4, 0.5) is 5.69 Å². The van der Waals surface area contributed by atoms with Crippen LogP contribution < -0.4 is 10.1 Å². The van der Waals surface area contributed by atoms with Crippen LogP contribution in [0.5, 0.6) is 5.75 Å². The summed E-state index contributed by atoms with van der Waals surface area (Å²) in [5, 5.41) is 25.7. The zero-order valence-electron chi connectivity index (χ0n) is 23.1. The molecule has 2 aromatic carbocycles. The van der Waals surface area contributed by atoms with Crippen LogP contribution in [-0.4, -0.2) is 69.2 Å². The van der Waals surface area contributed by atoms with Crippen molar-refractivity contribution < 1.29 is 28.8 Å². The van der Waals surface area contributed by atoms with Gasteiger partial charge in [0, 0.05) is 54.7 Å². The van der Waals surface area contributed by atoms with Crippen molar-refractivity contribution >= 4 is 40.8 Å². The van der Waals surface area contributed by atoms with E-state index in [9.17, 15) is 24.5 Å². The number of carbonyl (C=O) groups is 3. The van der Waals surface area contributed by atoms with Gasteiger partial charge in [-0.3, -0.25) is 29.2 Å². The quantitative estimate of drug-likeness (QED) is 0.0799. The average Bonchev–Trinajstić information content (AvgIpc) is 3.38. The smallest absolute Gasteiger partial charge is 0.327 e. The van der Waals surface area contributed by atoms with Crippen molar-refractivity contribution in [2.75, 3.05) is 20.3 Å². The zero-order chi connectivity index (χ0) is 30.2. The molecule has 2 N–H and O–H groups in total. The summed E-state index contributed by atoms with van der Waals surface area (Å²) >= 11 is 1.16. The number of hydrogen-bond acceptors (Lipinski definition) is 10. The van der Waals surface area contributed by atoms with Gasteiger partial charge < -0.3 is 25.1 Å². The number of rotatable bonds is 12. The van der Waals surface area contributed by atoms with Crippen LogP contribution in [0.25, 0.3) is 0 Å². The first-order chi connectivity index (χ1) is 20.2. The van der Waals surface area contributed by atoms with Gasteiger partial charge in [-0.15, -0.1) is 0 Å². The van der Waals surface area contributed by atoms with Gasteiger partial charge in [-0.05, 0) is 30.7 Å². The maximum atomic E-state index is 13.9. The standard InChI is InChI=1S/C28H30N6O7S/c1-3-41-26(35)16-33-15-19-14-32(11-10-23(19)31-33)28(37)24(12-18-4-6-20(7-5-18)34(38)39)30-27(36)22-9-8-21(42-17-29)13-25(22)40-2/h4-9,13,15,17,24,29H,3,10-12,14,16H2,1-2H3,(H,30,36)/t24-/m0/s1. The minimum absolute atomic E-state index is 0.0352. The Kier molecular flexibility index (Phi) is 9.91. The molecule has 1 aliphatic rings. The minimum Gasteiger partial charge on any atom is -0.496 e. The van der Waals surface area contributed by atoms with Crippen LogP contribution in [0.2, 0.25) is 0 Å². The van der Waals surface area contributed by atoms with Gasteiger partial charge in [-0.1, -0.05) is 23.9 Å². The van der Waals surface area contributed by atoms with E-state index in [1.165, 1.54) is 23.9 Å². The molecule has 220 valence electrons. The number of esters is 1. The molecule has 1 aliphatic heterocycles. The largest absolute Gasteiger partial charge is 0.496 e. The number of aromatic nitrogens is 2. The number of non-ortho nitro benzene ring substituents is 1. The number of nitro groups is 1. The number of ether oxygens (including phenoxy) is 2. The molecule has 4 rings (SSSR count). The number of hydrogen-bond donors (Lipinski definition) is 2. The topological polar surface area (TPSA) is 170 Å². The second kappa shape index (κ2) is 13.8. The lowest BCUT2D eigenvalue weighted by atomic mass is 10.0. The van der Waals surface area contributed by atoms with Crippen LogP contribution in [0, 0.1) is 15.5 Å². The van der Waals surface area contributed by atoms with Crippen molar-refractivity contribution in [3.8, 4) is 5.75 Å². The molecule has 0 unspecified atom stereocenters. The van der Waals surface area contributed by atoms with Gasteiger partial charge in [-0.2, -0.15) is 5.10 Å². The Bertz CT molecular complexity index is 1490. The highest BCUT2D eigenvalue weighted by molar-refractivity contribution is 8.12. The zero-order valence-corrected chi connectivity index (χ0v) is 23.9. The number of amides is 2. The van der Waals surface area contributed by atoms with E-state index in [-0.39, 0.29) is 49.0 Å². The van der Waals surface area contributed by atoms with Crippen LogP contribution >= 0.6 is 11.8 Å². The van der Waals surface area contributed by atoms with Crippen molar-refractivity contribution in [1.29, 1.82) is 5.41 Å². The van der Waals surface area contributed by atoms with E-state index in [2.05, 4.69) is 10.4 Å². The molecule has 1 atom stereocenters. The number of carbonyl (C=O) groups excluding carboxylic acids is 3. The number of fused-ring (bicyclic) bond motifs is 1. The van der Waals surface area contributed by atoms with E-state index >= 15 is 0 Å². The molecule has 0 aliphatic carbocycles. The van der Waals surface area contributed by atoms with Gasteiger partial charge in [0.25, 0.3) is 11.6 Å². The summed E-state index contributed by atoms with van der Waals surface area (Å²) in [5.74, 6) is -0.979. The fourth-order valence-electron chi connectivity index (χ4n) is 4.63. The molecule has 0 radical (unpaired) electrons. The molecule has 0 saturated carbocycles. The molecule has 13 nitrogen and oxygen atoms in total. The molecule has 0 saturated heterocycles. The summed E-state index contributed by atoms with van der Waals surface area (Å²) in [6, 6.07) is 9.72. The van der Waals surface area contributed by atoms with Gasteiger partial charge in [0.2, 0.25) is 5.91 Å². The van der Waals surface area contributed by atoms with Crippen LogP contribution in [0.15, 0.2) is 53.6 Å². The Labute approximate surface area is 245 Å². The highest BCUT2D eigenvalue weighted by atomic mass is 32.2. The predicted octanol–water partition coefficient (Wildman–Crippen LogP) is 2.99. The first-order valence-corrected chi connectivity index (χ1v) is 14.0. The molecule has 0 bridgehead atoms. The third kappa shape index (κ3) is 7.32. The monoisotopic (exact) mass is 594 g/mol. The van der Waals surface area contributed by atoms with Crippen molar-refractivity contribution in [2.45, 2.75) is 43.8 Å².